The third-order valence-electron chi connectivity index (χ3n) is 8.94. The number of benzene rings is 1. The second-order valence-electron chi connectivity index (χ2n) is 12.6. The van der Waals surface area contributed by atoms with E-state index in [0.717, 1.165) is 6.54 Å². The number of hydrogen-bond donors (Lipinski definition) is 5. The van der Waals surface area contributed by atoms with Crippen LogP contribution < -0.4 is 5.73 Å². The van der Waals surface area contributed by atoms with Crippen molar-refractivity contribution in [1.82, 2.24) is 9.80 Å². The number of ketones is 2. The van der Waals surface area contributed by atoms with Gasteiger partial charge < -0.3 is 35.8 Å². The molecular weight excluding hydrogens is 558 g/mol. The van der Waals surface area contributed by atoms with Crippen LogP contribution in [0.15, 0.2) is 35.1 Å². The van der Waals surface area contributed by atoms with Crippen LogP contribution in [-0.2, 0) is 30.3 Å². The molecule has 1 aromatic rings. The lowest BCUT2D eigenvalue weighted by Gasteiger charge is -2.59. The maximum Gasteiger partial charge on any atom is 0.330 e. The van der Waals surface area contributed by atoms with Crippen molar-refractivity contribution in [3.8, 4) is 5.75 Å². The molecule has 0 unspecified atom stereocenters. The summed E-state index contributed by atoms with van der Waals surface area (Å²) in [4.78, 5) is 55.8. The minimum absolute atomic E-state index is 0.0621. The van der Waals surface area contributed by atoms with Gasteiger partial charge >= 0.3 is 5.97 Å². The summed E-state index contributed by atoms with van der Waals surface area (Å²) >= 11 is 0. The molecule has 0 spiro atoms. The molecule has 0 heterocycles. The number of carbonyl (C=O) groups is 4. The second-order valence-corrected chi connectivity index (χ2v) is 12.6. The molecule has 6 N–H and O–H groups in total. The first-order chi connectivity index (χ1) is 19.9. The van der Waals surface area contributed by atoms with Crippen molar-refractivity contribution in [1.29, 1.82) is 0 Å². The number of phenolic OH excluding ortho intramolecular Hbond substituents is 1. The van der Waals surface area contributed by atoms with Crippen LogP contribution in [0.4, 0.5) is 0 Å². The number of nitrogens with two attached hydrogens (primary N) is 1. The Labute approximate surface area is 249 Å². The average molecular weight is 598 g/mol. The highest BCUT2D eigenvalue weighted by Crippen LogP contribution is 2.63. The molecule has 0 radical (unpaired) electrons. The Morgan fingerprint density at radius 3 is 2.35 bits per heavy atom. The molecule has 232 valence electrons. The quantitative estimate of drug-likeness (QED) is 0.125. The first-order valence-corrected chi connectivity index (χ1v) is 13.9. The van der Waals surface area contributed by atoms with Crippen molar-refractivity contribution in [2.24, 2.45) is 16.6 Å². The number of aliphatic hydroxyl groups excluding tert-OH is 2. The summed E-state index contributed by atoms with van der Waals surface area (Å²) in [6.07, 6.45) is 3.35. The molecule has 1 fully saturated rings. The van der Waals surface area contributed by atoms with E-state index in [0.29, 0.717) is 17.5 Å². The Hall–Kier alpha value is -4.00. The molecule has 12 heteroatoms. The highest BCUT2D eigenvalue weighted by atomic mass is 16.5. The molecule has 0 aromatic heterocycles. The van der Waals surface area contributed by atoms with E-state index < -0.39 is 63.0 Å². The molecule has 4 rings (SSSR count). The number of hydrogen-bond acceptors (Lipinski definition) is 11. The Morgan fingerprint density at radius 1 is 1.12 bits per heavy atom. The van der Waals surface area contributed by atoms with Gasteiger partial charge in [0, 0.05) is 29.0 Å². The fourth-order valence-electron chi connectivity index (χ4n) is 7.26. The molecule has 43 heavy (non-hydrogen) atoms. The largest absolute Gasteiger partial charge is 0.508 e. The van der Waals surface area contributed by atoms with E-state index in [2.05, 4.69) is 0 Å². The van der Waals surface area contributed by atoms with Crippen molar-refractivity contribution in [2.45, 2.75) is 44.8 Å². The molecule has 12 nitrogen and oxygen atoms in total. The molecule has 4 atom stereocenters. The lowest BCUT2D eigenvalue weighted by Crippen LogP contribution is -2.72. The van der Waals surface area contributed by atoms with E-state index in [1.807, 2.05) is 19.0 Å². The maximum atomic E-state index is 14.3. The summed E-state index contributed by atoms with van der Waals surface area (Å²) in [7, 11) is 6.91. The first kappa shape index (κ1) is 31.9. The van der Waals surface area contributed by atoms with Gasteiger partial charge in [-0.2, -0.15) is 0 Å². The topological polar surface area (TPSA) is 191 Å². The maximum absolute atomic E-state index is 14.3. The van der Waals surface area contributed by atoms with Crippen LogP contribution in [0.3, 0.4) is 0 Å². The fourth-order valence-corrected chi connectivity index (χ4v) is 7.26. The predicted octanol–water partition coefficient (Wildman–Crippen LogP) is 1.25. The van der Waals surface area contributed by atoms with Crippen molar-refractivity contribution < 1.29 is 44.3 Å². The van der Waals surface area contributed by atoms with Gasteiger partial charge in [-0.25, -0.2) is 4.79 Å². The third-order valence-corrected chi connectivity index (χ3v) is 8.94. The zero-order valence-electron chi connectivity index (χ0n) is 25.2. The van der Waals surface area contributed by atoms with Crippen molar-refractivity contribution in [3.63, 3.8) is 0 Å². The van der Waals surface area contributed by atoms with Crippen molar-refractivity contribution >= 4 is 35.3 Å². The Morgan fingerprint density at radius 2 is 1.77 bits per heavy atom. The number of ether oxygens (including phenoxy) is 1. The number of likely N-dealkylation sites (N-methyl/N-ethyl adjacent to an activating group) is 1. The van der Waals surface area contributed by atoms with Crippen LogP contribution in [0.1, 0.15) is 43.4 Å². The number of amides is 1. The van der Waals surface area contributed by atoms with Crippen LogP contribution >= 0.6 is 0 Å². The van der Waals surface area contributed by atoms with E-state index in [1.165, 1.54) is 30.0 Å². The predicted molar refractivity (Wildman–Crippen MR) is 157 cm³/mol. The van der Waals surface area contributed by atoms with Gasteiger partial charge in [-0.05, 0) is 70.7 Å². The Balaban J connectivity index is 1.85. The molecule has 0 saturated heterocycles. The van der Waals surface area contributed by atoms with Gasteiger partial charge in [0.1, 0.15) is 22.8 Å². The number of esters is 1. The zero-order chi connectivity index (χ0) is 32.2. The summed E-state index contributed by atoms with van der Waals surface area (Å²) in [5, 5.41) is 45.5. The summed E-state index contributed by atoms with van der Waals surface area (Å²) in [5.74, 6) is -5.94. The smallest absolute Gasteiger partial charge is 0.330 e. The van der Waals surface area contributed by atoms with Crippen LogP contribution in [0, 0.1) is 10.8 Å². The molecule has 3 aliphatic rings. The standard InChI is InChI=1S/C31H39N3O9/c1-29-14-17-16(9-11-19(36)43-13-7-12-33(3)4)8-10-18(35)20(17)23(37)22(29)27(40)31(42)26(39)21(28(32)41)24(38)25(34(5)6)30(31,2)15-29/h8-11,25,35,37,39,42H,7,12-15H2,1-6H3,(H2,32,41)/b11-9+/t25-,29+,30+,31-/m1/s1. The highest BCUT2D eigenvalue weighted by molar-refractivity contribution is 6.25. The van der Waals surface area contributed by atoms with Crippen LogP contribution in [0.5, 0.6) is 5.75 Å². The molecule has 0 aliphatic heterocycles. The lowest BCUT2D eigenvalue weighted by molar-refractivity contribution is -0.176. The summed E-state index contributed by atoms with van der Waals surface area (Å²) < 4.78 is 5.26. The van der Waals surface area contributed by atoms with E-state index in [9.17, 15) is 39.6 Å². The second kappa shape index (κ2) is 10.9. The number of fused-ring (bicyclic) bond motifs is 3. The molecular formula is C31H39N3O9. The van der Waals surface area contributed by atoms with E-state index >= 15 is 0 Å². The lowest BCUT2D eigenvalue weighted by atomic mass is 9.46. The van der Waals surface area contributed by atoms with Crippen LogP contribution in [-0.4, -0.2) is 107 Å². The number of rotatable bonds is 8. The normalized spacial score (nSPS) is 28.8. The average Bonchev–Trinajstić information content (AvgIpc) is 2.87. The van der Waals surface area contributed by atoms with Crippen LogP contribution in [0.25, 0.3) is 11.8 Å². The number of primary amides is 1. The highest BCUT2D eigenvalue weighted by Gasteiger charge is 2.72. The first-order valence-electron chi connectivity index (χ1n) is 13.9. The van der Waals surface area contributed by atoms with Gasteiger partial charge in [-0.1, -0.05) is 19.9 Å². The third kappa shape index (κ3) is 4.83. The van der Waals surface area contributed by atoms with Gasteiger partial charge in [0.05, 0.1) is 18.2 Å². The summed E-state index contributed by atoms with van der Waals surface area (Å²) in [5.41, 5.74) is -0.565. The SMILES string of the molecule is CN(C)CCCOC(=O)/C=C/c1ccc(O)c2c1C[C@@]1(C)C[C@@]3(C)[C@H](N(C)C)C(=O)C(C(N)=O)=C(O)[C@@]3(O)C(=O)C1=C2O. The molecule has 0 bridgehead atoms. The van der Waals surface area contributed by atoms with Gasteiger partial charge in [0.2, 0.25) is 5.78 Å². The van der Waals surface area contributed by atoms with Crippen molar-refractivity contribution in [2.75, 3.05) is 41.3 Å². The monoisotopic (exact) mass is 597 g/mol. The summed E-state index contributed by atoms with van der Waals surface area (Å²) in [6.45, 7) is 4.14. The van der Waals surface area contributed by atoms with Gasteiger partial charge in [-0.3, -0.25) is 19.3 Å². The van der Waals surface area contributed by atoms with Gasteiger partial charge in [0.15, 0.2) is 11.4 Å². The van der Waals surface area contributed by atoms with Gasteiger partial charge in [0.25, 0.3) is 5.91 Å². The van der Waals surface area contributed by atoms with Crippen LogP contribution in [0.2, 0.25) is 0 Å². The number of nitrogens with zero attached hydrogens (tertiary/aromatic N) is 2. The minimum Gasteiger partial charge on any atom is -0.508 e. The van der Waals surface area contributed by atoms with E-state index in [1.54, 1.807) is 27.1 Å². The Kier molecular flexibility index (Phi) is 8.11. The van der Waals surface area contributed by atoms with Crippen molar-refractivity contribution in [3.05, 3.63) is 51.8 Å². The Bertz CT molecular complexity index is 1510. The molecule has 1 saturated carbocycles. The number of phenols is 1. The number of carbonyl (C=O) groups excluding carboxylic acids is 4. The number of aromatic hydroxyl groups is 1. The molecule has 1 amide bonds. The fraction of sp³-hybridized carbons (Fsp3) is 0.484. The number of Topliss-reactive ketones (excluding diaryl/α,β-unsaturated/α-hetero) is 2. The zero-order valence-corrected chi connectivity index (χ0v) is 25.2. The van der Waals surface area contributed by atoms with E-state index in [4.69, 9.17) is 10.5 Å². The molecule has 1 aromatic carbocycles. The van der Waals surface area contributed by atoms with E-state index in [-0.39, 0.29) is 36.3 Å². The van der Waals surface area contributed by atoms with Gasteiger partial charge in [-0.15, -0.1) is 0 Å². The molecule has 3 aliphatic carbocycles. The minimum atomic E-state index is -2.79. The summed E-state index contributed by atoms with van der Waals surface area (Å²) in [6, 6.07) is 1.62. The number of aliphatic hydroxyl groups is 3.